The Labute approximate surface area is 480 Å². The van der Waals surface area contributed by atoms with Crippen LogP contribution in [0.2, 0.25) is 0 Å². The van der Waals surface area contributed by atoms with E-state index in [9.17, 15) is 34.5 Å². The first-order valence-electron chi connectivity index (χ1n) is 31.9. The number of aliphatic carboxylic acids is 1. The van der Waals surface area contributed by atoms with Crippen molar-refractivity contribution in [3.8, 4) is 0 Å². The Morgan fingerprint density at radius 1 is 0.430 bits per heavy atom. The number of carbonyl (C=O) groups is 4. The number of ether oxygens (including phenoxy) is 5. The van der Waals surface area contributed by atoms with Gasteiger partial charge in [-0.2, -0.15) is 0 Å². The van der Waals surface area contributed by atoms with E-state index < -0.39 is 67.3 Å². The van der Waals surface area contributed by atoms with Crippen molar-refractivity contribution in [1.29, 1.82) is 0 Å². The zero-order chi connectivity index (χ0) is 57.5. The molecule has 1 rings (SSSR count). The van der Waals surface area contributed by atoms with E-state index >= 15 is 0 Å². The molecule has 0 radical (unpaired) electrons. The van der Waals surface area contributed by atoms with Crippen LogP contribution < -0.4 is 0 Å². The van der Waals surface area contributed by atoms with Gasteiger partial charge in [0.25, 0.3) is 0 Å². The molecule has 454 valence electrons. The number of unbranched alkanes of at least 4 members (excludes halogenated alkanes) is 28. The third kappa shape index (κ3) is 44.5. The molecular weight excluding hydrogens is 997 g/mol. The minimum Gasteiger partial charge on any atom is -0.479 e. The molecular formula is C67H114O12. The van der Waals surface area contributed by atoms with Crippen molar-refractivity contribution in [3.63, 3.8) is 0 Å². The second kappa shape index (κ2) is 54.7. The molecule has 1 heterocycles. The smallest absolute Gasteiger partial charge is 0.335 e. The predicted molar refractivity (Wildman–Crippen MR) is 322 cm³/mol. The Morgan fingerprint density at radius 2 is 0.797 bits per heavy atom. The van der Waals surface area contributed by atoms with Crippen LogP contribution in [0.1, 0.15) is 278 Å². The Bertz CT molecular complexity index is 1650. The molecule has 12 heteroatoms. The highest BCUT2D eigenvalue weighted by Crippen LogP contribution is 2.27. The average Bonchev–Trinajstić information content (AvgIpc) is 3.47. The number of esters is 3. The topological polar surface area (TPSA) is 175 Å². The van der Waals surface area contributed by atoms with E-state index in [-0.39, 0.29) is 25.9 Å². The van der Waals surface area contributed by atoms with Gasteiger partial charge in [-0.1, -0.05) is 241 Å². The van der Waals surface area contributed by atoms with E-state index in [4.69, 9.17) is 23.7 Å². The van der Waals surface area contributed by atoms with Crippen molar-refractivity contribution in [1.82, 2.24) is 0 Å². The highest BCUT2D eigenvalue weighted by Gasteiger charge is 2.50. The lowest BCUT2D eigenvalue weighted by atomic mass is 9.98. The number of allylic oxidation sites excluding steroid dienone is 12. The van der Waals surface area contributed by atoms with Gasteiger partial charge in [-0.15, -0.1) is 0 Å². The summed E-state index contributed by atoms with van der Waals surface area (Å²) in [5.74, 6) is -3.16. The van der Waals surface area contributed by atoms with Crippen LogP contribution in [0.5, 0.6) is 0 Å². The van der Waals surface area contributed by atoms with Crippen LogP contribution in [0, 0.1) is 0 Å². The van der Waals surface area contributed by atoms with Crippen LogP contribution in [-0.4, -0.2) is 89.2 Å². The second-order valence-corrected chi connectivity index (χ2v) is 21.7. The molecule has 0 aromatic rings. The lowest BCUT2D eigenvalue weighted by molar-refractivity contribution is -0.301. The first-order chi connectivity index (χ1) is 38.6. The zero-order valence-corrected chi connectivity index (χ0v) is 50.1. The van der Waals surface area contributed by atoms with Crippen LogP contribution in [0.15, 0.2) is 72.9 Å². The van der Waals surface area contributed by atoms with Crippen molar-refractivity contribution in [2.24, 2.45) is 0 Å². The average molecular weight is 1110 g/mol. The van der Waals surface area contributed by atoms with Crippen LogP contribution >= 0.6 is 0 Å². The zero-order valence-electron chi connectivity index (χ0n) is 50.1. The molecule has 1 saturated heterocycles. The number of carbonyl (C=O) groups excluding carboxylic acids is 3. The van der Waals surface area contributed by atoms with E-state index in [1.165, 1.54) is 103 Å². The molecule has 1 aliphatic heterocycles. The Hall–Kier alpha value is -3.84. The number of carboxylic acids is 1. The van der Waals surface area contributed by atoms with Gasteiger partial charge in [-0.3, -0.25) is 14.4 Å². The molecule has 0 aromatic heterocycles. The molecule has 0 aromatic carbocycles. The summed E-state index contributed by atoms with van der Waals surface area (Å²) in [6.45, 7) is 5.86. The number of hydrogen-bond donors (Lipinski definition) is 3. The van der Waals surface area contributed by atoms with Crippen molar-refractivity contribution in [2.45, 2.75) is 314 Å². The monoisotopic (exact) mass is 1110 g/mol. The van der Waals surface area contributed by atoms with E-state index in [0.29, 0.717) is 19.3 Å². The van der Waals surface area contributed by atoms with Gasteiger partial charge >= 0.3 is 23.9 Å². The van der Waals surface area contributed by atoms with Gasteiger partial charge in [-0.05, 0) is 89.9 Å². The SMILES string of the molecule is CC/C=C\C/C=C\C/C=C\C/C=C\C/C=C\CCCCCC(=O)OCC(COC1OC(C(=O)O)C(O)C(O)C1OC(=O)CCCCCCCCCCCCCCCCCCC)OC(=O)CCCCCCC/C=C\CCCCCC. The van der Waals surface area contributed by atoms with Crippen LogP contribution in [0.3, 0.4) is 0 Å². The van der Waals surface area contributed by atoms with Gasteiger partial charge in [0.15, 0.2) is 24.6 Å². The quantitative estimate of drug-likeness (QED) is 0.0228. The molecule has 0 bridgehead atoms. The van der Waals surface area contributed by atoms with Gasteiger partial charge in [0.1, 0.15) is 18.8 Å². The number of carboxylic acid groups (broad SMARTS) is 1. The maximum absolute atomic E-state index is 13.2. The summed E-state index contributed by atoms with van der Waals surface area (Å²) in [6, 6.07) is 0. The first-order valence-corrected chi connectivity index (χ1v) is 31.9. The molecule has 6 atom stereocenters. The highest BCUT2D eigenvalue weighted by molar-refractivity contribution is 5.74. The molecule has 1 aliphatic rings. The second-order valence-electron chi connectivity index (χ2n) is 21.7. The first kappa shape index (κ1) is 73.2. The molecule has 0 saturated carbocycles. The lowest BCUT2D eigenvalue weighted by Gasteiger charge is -2.40. The van der Waals surface area contributed by atoms with Gasteiger partial charge in [0.05, 0.1) is 6.61 Å². The number of aliphatic hydroxyl groups is 2. The summed E-state index contributed by atoms with van der Waals surface area (Å²) in [5.41, 5.74) is 0. The molecule has 3 N–H and O–H groups in total. The highest BCUT2D eigenvalue weighted by atomic mass is 16.7. The molecule has 1 fully saturated rings. The molecule has 0 amide bonds. The van der Waals surface area contributed by atoms with Crippen LogP contribution in [-0.2, 0) is 42.9 Å². The number of aliphatic hydroxyl groups excluding tert-OH is 2. The van der Waals surface area contributed by atoms with Crippen molar-refractivity contribution in [3.05, 3.63) is 72.9 Å². The molecule has 79 heavy (non-hydrogen) atoms. The Morgan fingerprint density at radius 3 is 1.25 bits per heavy atom. The standard InChI is InChI=1S/C67H114O12/c1-4-7-10-13-16-19-22-25-27-29-30-32-33-36-38-41-44-47-50-53-59(68)75-56-58(77-60(69)54-51-48-45-42-39-35-24-21-18-15-12-9-6-3)57-76-67-65(63(72)62(71)64(79-67)66(73)74)78-61(70)55-52-49-46-43-40-37-34-31-28-26-23-20-17-14-11-8-5-2/h7,10,16,19,21,24-25,27,30,32,36,38,58,62-65,67,71-72H,4-6,8-9,11-15,17-18,20,22-23,26,28-29,31,33-35,37,39-57H2,1-3H3,(H,73,74)/b10-7-,19-16-,24-21-,27-25-,32-30-,38-36-. The van der Waals surface area contributed by atoms with E-state index in [0.717, 1.165) is 116 Å². The number of rotatable bonds is 54. The van der Waals surface area contributed by atoms with E-state index in [1.807, 2.05) is 0 Å². The van der Waals surface area contributed by atoms with Gasteiger partial charge in [0, 0.05) is 19.3 Å². The minimum absolute atomic E-state index is 0.0583. The van der Waals surface area contributed by atoms with Crippen LogP contribution in [0.4, 0.5) is 0 Å². The van der Waals surface area contributed by atoms with E-state index in [2.05, 4.69) is 93.7 Å². The normalized spacial score (nSPS) is 18.3. The fraction of sp³-hybridized carbons (Fsp3) is 0.761. The van der Waals surface area contributed by atoms with Gasteiger partial charge < -0.3 is 39.0 Å². The fourth-order valence-corrected chi connectivity index (χ4v) is 9.39. The van der Waals surface area contributed by atoms with Crippen molar-refractivity contribution in [2.75, 3.05) is 13.2 Å². The predicted octanol–water partition coefficient (Wildman–Crippen LogP) is 16.9. The third-order valence-corrected chi connectivity index (χ3v) is 14.3. The Balaban J connectivity index is 2.67. The largest absolute Gasteiger partial charge is 0.479 e. The maximum atomic E-state index is 13.2. The van der Waals surface area contributed by atoms with Crippen molar-refractivity contribution < 1.29 is 58.2 Å². The van der Waals surface area contributed by atoms with Gasteiger partial charge in [0.2, 0.25) is 0 Å². The summed E-state index contributed by atoms with van der Waals surface area (Å²) in [5, 5.41) is 31.6. The lowest BCUT2D eigenvalue weighted by Crippen LogP contribution is -2.61. The summed E-state index contributed by atoms with van der Waals surface area (Å²) in [6.07, 6.45) is 57.2. The summed E-state index contributed by atoms with van der Waals surface area (Å²) in [4.78, 5) is 51.2. The molecule has 6 unspecified atom stereocenters. The van der Waals surface area contributed by atoms with Crippen LogP contribution in [0.25, 0.3) is 0 Å². The number of hydrogen-bond acceptors (Lipinski definition) is 11. The maximum Gasteiger partial charge on any atom is 0.335 e. The summed E-state index contributed by atoms with van der Waals surface area (Å²) >= 11 is 0. The summed E-state index contributed by atoms with van der Waals surface area (Å²) < 4.78 is 28.5. The summed E-state index contributed by atoms with van der Waals surface area (Å²) in [7, 11) is 0. The van der Waals surface area contributed by atoms with Gasteiger partial charge in [-0.25, -0.2) is 4.79 Å². The Kier molecular flexibility index (Phi) is 50.7. The molecule has 12 nitrogen and oxygen atoms in total. The third-order valence-electron chi connectivity index (χ3n) is 14.3. The molecule has 0 aliphatic carbocycles. The fourth-order valence-electron chi connectivity index (χ4n) is 9.39. The van der Waals surface area contributed by atoms with Crippen molar-refractivity contribution >= 4 is 23.9 Å². The van der Waals surface area contributed by atoms with E-state index in [1.54, 1.807) is 0 Å². The molecule has 0 spiro atoms. The minimum atomic E-state index is -1.91.